The molecule has 0 bridgehead atoms. The van der Waals surface area contributed by atoms with Crippen LogP contribution in [0.5, 0.6) is 5.75 Å². The molecule has 0 aliphatic heterocycles. The number of hydrogen-bond donors (Lipinski definition) is 0. The molecular weight excluding hydrogens is 280 g/mol. The highest BCUT2D eigenvalue weighted by atomic mass is 32.2. The quantitative estimate of drug-likeness (QED) is 0.437. The predicted molar refractivity (Wildman–Crippen MR) is 75.4 cm³/mol. The Morgan fingerprint density at radius 3 is 2.30 bits per heavy atom. The average molecular weight is 298 g/mol. The second kappa shape index (κ2) is 7.09. The molecule has 0 radical (unpaired) electrons. The number of sulfone groups is 1. The first-order chi connectivity index (χ1) is 9.30. The lowest BCUT2D eigenvalue weighted by Crippen LogP contribution is -2.09. The molecule has 0 aliphatic rings. The summed E-state index contributed by atoms with van der Waals surface area (Å²) in [6, 6.07) is 6.17. The summed E-state index contributed by atoms with van der Waals surface area (Å²) < 4.78 is 32.8. The van der Waals surface area contributed by atoms with Gasteiger partial charge in [0.15, 0.2) is 9.84 Å². The molecule has 6 heteroatoms. The van der Waals surface area contributed by atoms with Gasteiger partial charge in [-0.3, -0.25) is 0 Å². The number of esters is 1. The number of ether oxygens (including phenoxy) is 2. The molecule has 0 amide bonds. The number of carbonyl (C=O) groups is 1. The zero-order valence-corrected chi connectivity index (χ0v) is 12.4. The first kappa shape index (κ1) is 16.2. The van der Waals surface area contributed by atoms with E-state index in [0.717, 1.165) is 6.26 Å². The van der Waals surface area contributed by atoms with Crippen molar-refractivity contribution in [3.05, 3.63) is 36.4 Å². The summed E-state index contributed by atoms with van der Waals surface area (Å²) in [6.07, 6.45) is 1.70. The minimum atomic E-state index is -3.19. The largest absolute Gasteiger partial charge is 0.493 e. The maximum Gasteiger partial charge on any atom is 0.333 e. The van der Waals surface area contributed by atoms with Gasteiger partial charge < -0.3 is 9.47 Å². The first-order valence-electron chi connectivity index (χ1n) is 6.06. The molecule has 0 saturated heterocycles. The maximum absolute atomic E-state index is 11.3. The average Bonchev–Trinajstić information content (AvgIpc) is 2.37. The van der Waals surface area contributed by atoms with Gasteiger partial charge in [0, 0.05) is 18.2 Å². The van der Waals surface area contributed by atoms with Gasteiger partial charge in [-0.05, 0) is 31.2 Å². The van der Waals surface area contributed by atoms with Gasteiger partial charge in [0.2, 0.25) is 0 Å². The summed E-state index contributed by atoms with van der Waals surface area (Å²) in [5.74, 6) is 0.158. The molecule has 0 N–H and O–H groups in total. The summed E-state index contributed by atoms with van der Waals surface area (Å²) >= 11 is 0. The minimum absolute atomic E-state index is 0.250. The van der Waals surface area contributed by atoms with E-state index in [1.807, 2.05) is 0 Å². The van der Waals surface area contributed by atoms with Crippen molar-refractivity contribution < 1.29 is 22.7 Å². The van der Waals surface area contributed by atoms with Gasteiger partial charge in [-0.1, -0.05) is 6.58 Å². The highest BCUT2D eigenvalue weighted by Crippen LogP contribution is 2.15. The number of hydrogen-bond acceptors (Lipinski definition) is 5. The normalized spacial score (nSPS) is 10.9. The Morgan fingerprint density at radius 1 is 1.20 bits per heavy atom. The molecule has 0 spiro atoms. The Hall–Kier alpha value is -1.82. The Kier molecular flexibility index (Phi) is 5.76. The third-order valence-corrected chi connectivity index (χ3v) is 3.52. The van der Waals surface area contributed by atoms with Gasteiger partial charge in [0.25, 0.3) is 0 Å². The molecule has 1 rings (SSSR count). The van der Waals surface area contributed by atoms with Crippen LogP contribution in [0.25, 0.3) is 0 Å². The predicted octanol–water partition coefficient (Wildman–Crippen LogP) is 1.98. The molecule has 0 aromatic heterocycles. The molecular formula is C14H18O5S. The fourth-order valence-electron chi connectivity index (χ4n) is 1.32. The molecule has 5 nitrogen and oxygen atoms in total. The first-order valence-corrected chi connectivity index (χ1v) is 7.95. The van der Waals surface area contributed by atoms with Gasteiger partial charge in [-0.25, -0.2) is 13.2 Å². The van der Waals surface area contributed by atoms with Crippen LogP contribution in [0.1, 0.15) is 13.3 Å². The van der Waals surface area contributed by atoms with Gasteiger partial charge in [-0.15, -0.1) is 0 Å². The van der Waals surface area contributed by atoms with E-state index in [4.69, 9.17) is 9.47 Å². The third-order valence-electron chi connectivity index (χ3n) is 2.39. The zero-order chi connectivity index (χ0) is 15.2. The van der Waals surface area contributed by atoms with Crippen LogP contribution < -0.4 is 4.74 Å². The van der Waals surface area contributed by atoms with Crippen LogP contribution in [0, 0.1) is 0 Å². The Bertz CT molecular complexity index is 572. The van der Waals surface area contributed by atoms with Gasteiger partial charge >= 0.3 is 5.97 Å². The van der Waals surface area contributed by atoms with Crippen LogP contribution in [0.2, 0.25) is 0 Å². The minimum Gasteiger partial charge on any atom is -0.493 e. The third kappa shape index (κ3) is 5.44. The van der Waals surface area contributed by atoms with E-state index >= 15 is 0 Å². The molecule has 0 fully saturated rings. The summed E-state index contributed by atoms with van der Waals surface area (Å²) in [7, 11) is -3.19. The molecule has 0 aliphatic carbocycles. The van der Waals surface area contributed by atoms with Crippen molar-refractivity contribution in [1.82, 2.24) is 0 Å². The highest BCUT2D eigenvalue weighted by Gasteiger charge is 2.06. The monoisotopic (exact) mass is 298 g/mol. The Balaban J connectivity index is 2.33. The fourth-order valence-corrected chi connectivity index (χ4v) is 1.95. The Labute approximate surface area is 119 Å². The van der Waals surface area contributed by atoms with E-state index in [9.17, 15) is 13.2 Å². The maximum atomic E-state index is 11.3. The molecule has 0 saturated carbocycles. The standard InChI is InChI=1S/C14H18O5S/c1-11(2)14(15)19-10-4-9-18-12-5-7-13(8-6-12)20(3,16)17/h5-8H,1,4,9-10H2,2-3H3. The van der Waals surface area contributed by atoms with Crippen LogP contribution in [-0.2, 0) is 19.4 Å². The molecule has 1 aromatic rings. The summed E-state index contributed by atoms with van der Waals surface area (Å²) in [4.78, 5) is 11.3. The number of rotatable bonds is 7. The van der Waals surface area contributed by atoms with Crippen molar-refractivity contribution in [3.63, 3.8) is 0 Å². The number of benzene rings is 1. The lowest BCUT2D eigenvalue weighted by molar-refractivity contribution is -0.139. The summed E-state index contributed by atoms with van der Waals surface area (Å²) in [5.41, 5.74) is 0.363. The highest BCUT2D eigenvalue weighted by molar-refractivity contribution is 7.90. The lowest BCUT2D eigenvalue weighted by Gasteiger charge is -2.07. The van der Waals surface area contributed by atoms with Crippen LogP contribution in [0.4, 0.5) is 0 Å². The van der Waals surface area contributed by atoms with Crippen molar-refractivity contribution in [2.24, 2.45) is 0 Å². The number of carbonyl (C=O) groups excluding carboxylic acids is 1. The second-order valence-corrected chi connectivity index (χ2v) is 6.38. The van der Waals surface area contributed by atoms with Gasteiger partial charge in [0.1, 0.15) is 5.75 Å². The SMILES string of the molecule is C=C(C)C(=O)OCCCOc1ccc(S(C)(=O)=O)cc1. The zero-order valence-electron chi connectivity index (χ0n) is 11.6. The summed E-state index contributed by atoms with van der Waals surface area (Å²) in [5, 5.41) is 0. The van der Waals surface area contributed by atoms with Gasteiger partial charge in [0.05, 0.1) is 18.1 Å². The molecule has 0 unspecified atom stereocenters. The van der Waals surface area contributed by atoms with Crippen molar-refractivity contribution >= 4 is 15.8 Å². The van der Waals surface area contributed by atoms with Crippen LogP contribution in [-0.4, -0.2) is 33.9 Å². The van der Waals surface area contributed by atoms with E-state index in [0.29, 0.717) is 24.4 Å². The van der Waals surface area contributed by atoms with Gasteiger partial charge in [-0.2, -0.15) is 0 Å². The molecule has 0 atom stereocenters. The lowest BCUT2D eigenvalue weighted by atomic mass is 10.3. The van der Waals surface area contributed by atoms with Crippen LogP contribution in [0.15, 0.2) is 41.3 Å². The van der Waals surface area contributed by atoms with E-state index < -0.39 is 15.8 Å². The molecule has 110 valence electrons. The van der Waals surface area contributed by atoms with Crippen molar-refractivity contribution in [2.75, 3.05) is 19.5 Å². The van der Waals surface area contributed by atoms with Crippen molar-refractivity contribution in [1.29, 1.82) is 0 Å². The van der Waals surface area contributed by atoms with Crippen molar-refractivity contribution in [2.45, 2.75) is 18.2 Å². The van der Waals surface area contributed by atoms with Crippen LogP contribution >= 0.6 is 0 Å². The van der Waals surface area contributed by atoms with Crippen molar-refractivity contribution in [3.8, 4) is 5.75 Å². The van der Waals surface area contributed by atoms with E-state index in [1.165, 1.54) is 12.1 Å². The van der Waals surface area contributed by atoms with E-state index in [-0.39, 0.29) is 11.5 Å². The topological polar surface area (TPSA) is 69.7 Å². The van der Waals surface area contributed by atoms with Crippen LogP contribution in [0.3, 0.4) is 0 Å². The molecule has 20 heavy (non-hydrogen) atoms. The fraction of sp³-hybridized carbons (Fsp3) is 0.357. The Morgan fingerprint density at radius 2 is 1.80 bits per heavy atom. The molecule has 1 aromatic carbocycles. The van der Waals surface area contributed by atoms with E-state index in [1.54, 1.807) is 19.1 Å². The summed E-state index contributed by atoms with van der Waals surface area (Å²) in [6.45, 7) is 5.69. The second-order valence-electron chi connectivity index (χ2n) is 4.36. The smallest absolute Gasteiger partial charge is 0.333 e. The van der Waals surface area contributed by atoms with E-state index in [2.05, 4.69) is 6.58 Å². The molecule has 0 heterocycles.